The summed E-state index contributed by atoms with van der Waals surface area (Å²) in [6, 6.07) is 8.77. The maximum atomic E-state index is 12.8. The van der Waals surface area contributed by atoms with Crippen molar-refractivity contribution in [2.24, 2.45) is 23.2 Å². The van der Waals surface area contributed by atoms with Crippen LogP contribution in [0.3, 0.4) is 0 Å². The summed E-state index contributed by atoms with van der Waals surface area (Å²) < 4.78 is 5.97. The molecule has 2 heterocycles. The van der Waals surface area contributed by atoms with Crippen molar-refractivity contribution in [3.05, 3.63) is 42.0 Å². The summed E-state index contributed by atoms with van der Waals surface area (Å²) in [4.78, 5) is 17.8. The van der Waals surface area contributed by atoms with Crippen molar-refractivity contribution in [1.29, 1.82) is 0 Å². The van der Waals surface area contributed by atoms with Gasteiger partial charge in [-0.1, -0.05) is 31.2 Å². The molecule has 5 atom stereocenters. The Morgan fingerprint density at radius 1 is 1.23 bits per heavy atom. The molecule has 4 aliphatic rings. The quantitative estimate of drug-likeness (QED) is 0.547. The van der Waals surface area contributed by atoms with Crippen LogP contribution in [0.4, 0.5) is 5.69 Å². The number of esters is 1. The summed E-state index contributed by atoms with van der Waals surface area (Å²) in [5.41, 5.74) is 4.33. The number of rotatable bonds is 3. The summed E-state index contributed by atoms with van der Waals surface area (Å²) in [6.07, 6.45) is 5.92. The third kappa shape index (κ3) is 3.57. The number of ether oxygens (including phenoxy) is 1. The standard InChI is InChI=1S/C26H36N2O2/c1-18-6-4-8-20(14-18)28-12-10-27(11-13-28)17-22-21-15-23-19(2)7-5-9-26(23,3)16-24(21)30-25(22)29/h4,6,8,14,21-24H,2,5,7,9-13,15-17H2,1,3H3/t21-,22?,23?,24-,26-/m1/s1. The third-order valence-electron chi connectivity index (χ3n) is 8.51. The Balaban J connectivity index is 1.23. The molecule has 0 aromatic heterocycles. The minimum absolute atomic E-state index is 0.0415. The molecule has 4 heteroatoms. The Kier molecular flexibility index (Phi) is 5.17. The molecule has 5 rings (SSSR count). The van der Waals surface area contributed by atoms with Crippen molar-refractivity contribution >= 4 is 11.7 Å². The van der Waals surface area contributed by atoms with Crippen LogP contribution in [-0.2, 0) is 9.53 Å². The van der Waals surface area contributed by atoms with Gasteiger partial charge in [0, 0.05) is 44.3 Å². The molecule has 1 aromatic rings. The average Bonchev–Trinajstić information content (AvgIpc) is 3.01. The van der Waals surface area contributed by atoms with E-state index in [1.54, 1.807) is 0 Å². The molecule has 0 spiro atoms. The van der Waals surface area contributed by atoms with Gasteiger partial charge in [-0.25, -0.2) is 0 Å². The normalized spacial score (nSPS) is 36.9. The molecule has 30 heavy (non-hydrogen) atoms. The Labute approximate surface area is 181 Å². The molecule has 2 aliphatic heterocycles. The molecular weight excluding hydrogens is 372 g/mol. The van der Waals surface area contributed by atoms with Gasteiger partial charge in [-0.3, -0.25) is 9.69 Å². The number of fused-ring (bicyclic) bond motifs is 2. The maximum absolute atomic E-state index is 12.8. The molecule has 162 valence electrons. The fourth-order valence-corrected chi connectivity index (χ4v) is 6.76. The number of allylic oxidation sites excluding steroid dienone is 1. The van der Waals surface area contributed by atoms with Gasteiger partial charge >= 0.3 is 5.97 Å². The zero-order chi connectivity index (χ0) is 20.9. The summed E-state index contributed by atoms with van der Waals surface area (Å²) in [6.45, 7) is 13.9. The van der Waals surface area contributed by atoms with E-state index in [1.165, 1.54) is 29.7 Å². The van der Waals surface area contributed by atoms with Crippen LogP contribution >= 0.6 is 0 Å². The van der Waals surface area contributed by atoms with Crippen LogP contribution in [0.1, 0.15) is 44.6 Å². The smallest absolute Gasteiger partial charge is 0.310 e. The summed E-state index contributed by atoms with van der Waals surface area (Å²) in [5, 5.41) is 0. The van der Waals surface area contributed by atoms with Crippen LogP contribution < -0.4 is 4.90 Å². The molecular formula is C26H36N2O2. The van der Waals surface area contributed by atoms with Crippen molar-refractivity contribution < 1.29 is 9.53 Å². The molecule has 0 amide bonds. The second kappa shape index (κ2) is 7.71. The van der Waals surface area contributed by atoms with Gasteiger partial charge in [0.1, 0.15) is 6.10 Å². The lowest BCUT2D eigenvalue weighted by Gasteiger charge is -2.50. The van der Waals surface area contributed by atoms with Gasteiger partial charge < -0.3 is 9.64 Å². The third-order valence-corrected chi connectivity index (χ3v) is 8.51. The van der Waals surface area contributed by atoms with E-state index in [-0.39, 0.29) is 23.4 Å². The second-order valence-corrected chi connectivity index (χ2v) is 10.5. The van der Waals surface area contributed by atoms with Gasteiger partial charge in [-0.2, -0.15) is 0 Å². The van der Waals surface area contributed by atoms with E-state index < -0.39 is 0 Å². The first-order valence-electron chi connectivity index (χ1n) is 11.8. The zero-order valence-corrected chi connectivity index (χ0v) is 18.6. The number of hydrogen-bond acceptors (Lipinski definition) is 4. The molecule has 0 bridgehead atoms. The first-order chi connectivity index (χ1) is 14.4. The number of hydrogen-bond donors (Lipinski definition) is 0. The first-order valence-corrected chi connectivity index (χ1v) is 11.8. The van der Waals surface area contributed by atoms with Crippen LogP contribution in [0.5, 0.6) is 0 Å². The zero-order valence-electron chi connectivity index (χ0n) is 18.6. The highest BCUT2D eigenvalue weighted by Crippen LogP contribution is 2.56. The van der Waals surface area contributed by atoms with Gasteiger partial charge in [0.2, 0.25) is 0 Å². The lowest BCUT2D eigenvalue weighted by molar-refractivity contribution is -0.146. The van der Waals surface area contributed by atoms with Crippen LogP contribution in [0.2, 0.25) is 0 Å². The molecule has 2 saturated carbocycles. The topological polar surface area (TPSA) is 32.8 Å². The average molecular weight is 409 g/mol. The monoisotopic (exact) mass is 408 g/mol. The Bertz CT molecular complexity index is 828. The molecule has 4 fully saturated rings. The molecule has 1 aromatic carbocycles. The molecule has 2 aliphatic carbocycles. The Morgan fingerprint density at radius 3 is 2.80 bits per heavy atom. The SMILES string of the molecule is C=C1CCC[C@]2(C)C[C@H]3OC(=O)C(CN4CCN(c5cccc(C)c5)CC4)[C@H]3CC12. The van der Waals surface area contributed by atoms with Gasteiger partial charge in [0.25, 0.3) is 0 Å². The second-order valence-electron chi connectivity index (χ2n) is 10.5. The van der Waals surface area contributed by atoms with E-state index in [1.807, 2.05) is 0 Å². The lowest BCUT2D eigenvalue weighted by atomic mass is 9.55. The van der Waals surface area contributed by atoms with Crippen molar-refractivity contribution in [3.8, 4) is 0 Å². The van der Waals surface area contributed by atoms with Crippen LogP contribution in [-0.4, -0.2) is 49.7 Å². The number of benzene rings is 1. The van der Waals surface area contributed by atoms with Crippen LogP contribution in [0, 0.1) is 30.1 Å². The molecule has 2 unspecified atom stereocenters. The van der Waals surface area contributed by atoms with Crippen LogP contribution in [0.25, 0.3) is 0 Å². The predicted molar refractivity (Wildman–Crippen MR) is 121 cm³/mol. The summed E-state index contributed by atoms with van der Waals surface area (Å²) in [7, 11) is 0. The largest absolute Gasteiger partial charge is 0.462 e. The van der Waals surface area contributed by atoms with Crippen molar-refractivity contribution in [3.63, 3.8) is 0 Å². The minimum Gasteiger partial charge on any atom is -0.462 e. The van der Waals surface area contributed by atoms with Gasteiger partial charge in [-0.05, 0) is 68.1 Å². The number of piperazine rings is 1. The maximum Gasteiger partial charge on any atom is 0.310 e. The fourth-order valence-electron chi connectivity index (χ4n) is 6.76. The van der Waals surface area contributed by atoms with E-state index >= 15 is 0 Å². The summed E-state index contributed by atoms with van der Waals surface area (Å²) >= 11 is 0. The van der Waals surface area contributed by atoms with Gasteiger partial charge in [0.15, 0.2) is 0 Å². The highest BCUT2D eigenvalue weighted by molar-refractivity contribution is 5.75. The van der Waals surface area contributed by atoms with E-state index in [4.69, 9.17) is 4.74 Å². The highest BCUT2D eigenvalue weighted by Gasteiger charge is 2.55. The van der Waals surface area contributed by atoms with E-state index in [0.717, 1.165) is 52.0 Å². The van der Waals surface area contributed by atoms with Crippen molar-refractivity contribution in [2.45, 2.75) is 52.1 Å². The molecule has 0 N–H and O–H groups in total. The number of carbonyl (C=O) groups excluding carboxylic acids is 1. The minimum atomic E-state index is 0.0415. The number of carbonyl (C=O) groups is 1. The lowest BCUT2D eigenvalue weighted by Crippen LogP contribution is -2.50. The number of nitrogens with zero attached hydrogens (tertiary/aromatic N) is 2. The van der Waals surface area contributed by atoms with Crippen molar-refractivity contribution in [2.75, 3.05) is 37.6 Å². The van der Waals surface area contributed by atoms with E-state index in [9.17, 15) is 4.79 Å². The molecule has 4 nitrogen and oxygen atoms in total. The van der Waals surface area contributed by atoms with Gasteiger partial charge in [0.05, 0.1) is 5.92 Å². The van der Waals surface area contributed by atoms with Crippen LogP contribution in [0.15, 0.2) is 36.4 Å². The summed E-state index contributed by atoms with van der Waals surface area (Å²) in [5.74, 6) is 1.04. The van der Waals surface area contributed by atoms with E-state index in [0.29, 0.717) is 11.8 Å². The molecule has 2 saturated heterocycles. The number of anilines is 1. The number of aryl methyl sites for hydroxylation is 1. The fraction of sp³-hybridized carbons (Fsp3) is 0.654. The molecule has 0 radical (unpaired) electrons. The first kappa shape index (κ1) is 20.1. The van der Waals surface area contributed by atoms with Crippen molar-refractivity contribution in [1.82, 2.24) is 4.90 Å². The Hall–Kier alpha value is -1.81. The highest BCUT2D eigenvalue weighted by atomic mass is 16.6. The van der Waals surface area contributed by atoms with Gasteiger partial charge in [-0.15, -0.1) is 0 Å². The van der Waals surface area contributed by atoms with E-state index in [2.05, 4.69) is 54.5 Å². The Morgan fingerprint density at radius 2 is 2.03 bits per heavy atom. The predicted octanol–water partition coefficient (Wildman–Crippen LogP) is 4.43.